The number of amides is 1. The molecule has 2 N–H and O–H groups in total. The topological polar surface area (TPSA) is 75.6 Å². The van der Waals surface area contributed by atoms with Crippen LogP contribution in [0.15, 0.2) is 0 Å². The van der Waals surface area contributed by atoms with Gasteiger partial charge >= 0.3 is 5.97 Å². The van der Waals surface area contributed by atoms with Gasteiger partial charge in [-0.1, -0.05) is 6.42 Å². The van der Waals surface area contributed by atoms with Crippen LogP contribution in [0, 0.1) is 11.3 Å². The predicted octanol–water partition coefficient (Wildman–Crippen LogP) is 0.394. The molecular weight excluding hydrogens is 210 g/mol. The first-order valence-corrected chi connectivity index (χ1v) is 5.74. The van der Waals surface area contributed by atoms with Gasteiger partial charge in [0, 0.05) is 19.1 Å². The van der Waals surface area contributed by atoms with Crippen LogP contribution in [0.1, 0.15) is 25.7 Å². The molecule has 0 aromatic heterocycles. The van der Waals surface area contributed by atoms with Gasteiger partial charge in [-0.05, 0) is 19.3 Å². The third-order valence-electron chi connectivity index (χ3n) is 3.63. The molecule has 1 heterocycles. The molecule has 0 aromatic carbocycles. The maximum absolute atomic E-state index is 11.8. The lowest BCUT2D eigenvalue weighted by molar-refractivity contribution is -0.162. The average molecular weight is 227 g/mol. The second-order valence-electron chi connectivity index (χ2n) is 4.68. The molecule has 16 heavy (non-hydrogen) atoms. The van der Waals surface area contributed by atoms with Crippen LogP contribution in [0.2, 0.25) is 0 Å². The molecule has 1 aliphatic carbocycles. The molecule has 1 unspecified atom stereocenters. The minimum atomic E-state index is -1.14. The molecule has 0 spiro atoms. The number of aliphatic carboxylic acids is 1. The molecule has 2 fully saturated rings. The van der Waals surface area contributed by atoms with Gasteiger partial charge in [-0.15, -0.1) is 0 Å². The van der Waals surface area contributed by atoms with Crippen molar-refractivity contribution < 1.29 is 19.4 Å². The summed E-state index contributed by atoms with van der Waals surface area (Å²) in [4.78, 5) is 22.9. The van der Waals surface area contributed by atoms with Crippen molar-refractivity contribution in [3.05, 3.63) is 0 Å². The number of rotatable bonds is 4. The van der Waals surface area contributed by atoms with Gasteiger partial charge in [-0.25, -0.2) is 0 Å². The van der Waals surface area contributed by atoms with E-state index in [1.165, 1.54) is 0 Å². The Morgan fingerprint density at radius 3 is 2.62 bits per heavy atom. The first kappa shape index (κ1) is 11.4. The lowest BCUT2D eigenvalue weighted by atomic mass is 9.68. The van der Waals surface area contributed by atoms with Gasteiger partial charge in [0.05, 0.1) is 6.61 Å². The van der Waals surface area contributed by atoms with Crippen molar-refractivity contribution in [2.24, 2.45) is 11.3 Å². The van der Waals surface area contributed by atoms with Crippen LogP contribution in [0.5, 0.6) is 0 Å². The molecule has 1 atom stereocenters. The number of carboxylic acids is 1. The zero-order chi connectivity index (χ0) is 11.6. The van der Waals surface area contributed by atoms with Crippen molar-refractivity contribution in [1.29, 1.82) is 0 Å². The monoisotopic (exact) mass is 227 g/mol. The molecule has 1 aliphatic heterocycles. The number of nitrogens with one attached hydrogen (secondary N) is 1. The number of hydrogen-bond acceptors (Lipinski definition) is 3. The van der Waals surface area contributed by atoms with Crippen molar-refractivity contribution >= 4 is 11.9 Å². The zero-order valence-corrected chi connectivity index (χ0v) is 9.20. The van der Waals surface area contributed by atoms with Crippen LogP contribution >= 0.6 is 0 Å². The molecule has 1 saturated carbocycles. The number of carboxylic acid groups (broad SMARTS) is 1. The van der Waals surface area contributed by atoms with Gasteiger partial charge in [0.2, 0.25) is 5.91 Å². The van der Waals surface area contributed by atoms with Crippen molar-refractivity contribution in [1.82, 2.24) is 5.32 Å². The third kappa shape index (κ3) is 1.91. The van der Waals surface area contributed by atoms with E-state index < -0.39 is 11.4 Å². The molecule has 1 amide bonds. The summed E-state index contributed by atoms with van der Waals surface area (Å²) in [5, 5.41) is 11.8. The third-order valence-corrected chi connectivity index (χ3v) is 3.63. The largest absolute Gasteiger partial charge is 0.480 e. The van der Waals surface area contributed by atoms with Crippen LogP contribution < -0.4 is 5.32 Å². The van der Waals surface area contributed by atoms with Crippen LogP contribution in [-0.4, -0.2) is 36.7 Å². The summed E-state index contributed by atoms with van der Waals surface area (Å²) >= 11 is 0. The second kappa shape index (κ2) is 4.41. The number of hydrogen-bond donors (Lipinski definition) is 2. The van der Waals surface area contributed by atoms with E-state index in [1.54, 1.807) is 0 Å². The molecule has 90 valence electrons. The van der Waals surface area contributed by atoms with Crippen molar-refractivity contribution in [2.45, 2.75) is 25.7 Å². The number of ether oxygens (including phenoxy) is 1. The molecule has 0 bridgehead atoms. The van der Waals surface area contributed by atoms with Crippen molar-refractivity contribution in [2.75, 3.05) is 19.8 Å². The van der Waals surface area contributed by atoms with Crippen molar-refractivity contribution in [3.63, 3.8) is 0 Å². The van der Waals surface area contributed by atoms with E-state index in [9.17, 15) is 9.59 Å². The summed E-state index contributed by atoms with van der Waals surface area (Å²) in [6, 6.07) is 0. The Labute approximate surface area is 94.2 Å². The fourth-order valence-corrected chi connectivity index (χ4v) is 2.22. The maximum atomic E-state index is 11.8. The Hall–Kier alpha value is -1.10. The van der Waals surface area contributed by atoms with E-state index in [0.717, 1.165) is 19.4 Å². The van der Waals surface area contributed by atoms with E-state index in [4.69, 9.17) is 9.84 Å². The van der Waals surface area contributed by atoms with Crippen LogP contribution in [0.25, 0.3) is 0 Å². The van der Waals surface area contributed by atoms with Gasteiger partial charge in [-0.2, -0.15) is 0 Å². The Bertz CT molecular complexity index is 292. The number of carbonyl (C=O) groups is 2. The predicted molar refractivity (Wildman–Crippen MR) is 55.9 cm³/mol. The molecule has 2 aliphatic rings. The highest BCUT2D eigenvalue weighted by Crippen LogP contribution is 2.41. The highest BCUT2D eigenvalue weighted by atomic mass is 16.5. The summed E-state index contributed by atoms with van der Waals surface area (Å²) in [7, 11) is 0. The Kier molecular flexibility index (Phi) is 3.14. The van der Waals surface area contributed by atoms with E-state index >= 15 is 0 Å². The van der Waals surface area contributed by atoms with Crippen LogP contribution in [0.4, 0.5) is 0 Å². The molecule has 1 saturated heterocycles. The van der Waals surface area contributed by atoms with Crippen LogP contribution in [0.3, 0.4) is 0 Å². The first-order chi connectivity index (χ1) is 7.65. The van der Waals surface area contributed by atoms with Gasteiger partial charge in [0.25, 0.3) is 0 Å². The smallest absolute Gasteiger partial charge is 0.319 e. The summed E-state index contributed by atoms with van der Waals surface area (Å²) in [6.07, 6.45) is 2.71. The van der Waals surface area contributed by atoms with E-state index in [-0.39, 0.29) is 5.91 Å². The molecule has 0 aromatic rings. The van der Waals surface area contributed by atoms with Gasteiger partial charge in [0.15, 0.2) is 0 Å². The standard InChI is InChI=1S/C11H17NO4/c13-9(11(10(14)15)3-1-4-11)12-6-8-2-5-16-7-8/h8H,1-7H2,(H,12,13)(H,14,15). The lowest BCUT2D eigenvalue weighted by Crippen LogP contribution is -2.51. The van der Waals surface area contributed by atoms with E-state index in [1.807, 2.05) is 0 Å². The first-order valence-electron chi connectivity index (χ1n) is 5.74. The Balaban J connectivity index is 1.84. The minimum absolute atomic E-state index is 0.321. The summed E-state index contributed by atoms with van der Waals surface area (Å²) in [6.45, 7) is 1.94. The van der Waals surface area contributed by atoms with Crippen molar-refractivity contribution in [3.8, 4) is 0 Å². The average Bonchev–Trinajstić information content (AvgIpc) is 2.64. The molecule has 5 heteroatoms. The van der Waals surface area contributed by atoms with Gasteiger partial charge < -0.3 is 15.2 Å². The van der Waals surface area contributed by atoms with E-state index in [2.05, 4.69) is 5.32 Å². The molecule has 5 nitrogen and oxygen atoms in total. The zero-order valence-electron chi connectivity index (χ0n) is 9.20. The maximum Gasteiger partial charge on any atom is 0.319 e. The fourth-order valence-electron chi connectivity index (χ4n) is 2.22. The van der Waals surface area contributed by atoms with Gasteiger partial charge in [-0.3, -0.25) is 9.59 Å². The molecule has 2 rings (SSSR count). The lowest BCUT2D eigenvalue weighted by Gasteiger charge is -2.36. The minimum Gasteiger partial charge on any atom is -0.480 e. The summed E-state index contributed by atoms with van der Waals surface area (Å²) < 4.78 is 5.20. The Morgan fingerprint density at radius 1 is 1.44 bits per heavy atom. The number of carbonyl (C=O) groups excluding carboxylic acids is 1. The second-order valence-corrected chi connectivity index (χ2v) is 4.68. The molecular formula is C11H17NO4. The fraction of sp³-hybridized carbons (Fsp3) is 0.818. The normalized spacial score (nSPS) is 27.1. The highest BCUT2D eigenvalue weighted by Gasteiger charge is 2.51. The Morgan fingerprint density at radius 2 is 2.19 bits per heavy atom. The SMILES string of the molecule is O=C(O)C1(C(=O)NCC2CCOC2)CCC1. The van der Waals surface area contributed by atoms with Crippen LogP contribution in [-0.2, 0) is 14.3 Å². The van der Waals surface area contributed by atoms with Gasteiger partial charge in [0.1, 0.15) is 5.41 Å². The summed E-state index contributed by atoms with van der Waals surface area (Å²) in [5.74, 6) is -0.966. The summed E-state index contributed by atoms with van der Waals surface area (Å²) in [5.41, 5.74) is -1.14. The van der Waals surface area contributed by atoms with E-state index in [0.29, 0.717) is 31.9 Å². The quantitative estimate of drug-likeness (QED) is 0.681. The molecule has 0 radical (unpaired) electrons. The highest BCUT2D eigenvalue weighted by molar-refractivity contribution is 6.02.